The Morgan fingerprint density at radius 3 is 2.32 bits per heavy atom. The fourth-order valence-electron chi connectivity index (χ4n) is 1.37. The minimum Gasteiger partial charge on any atom is -0.493 e. The minimum absolute atomic E-state index is 0.250. The molecule has 2 N–H and O–H groups in total. The van der Waals surface area contributed by atoms with Crippen LogP contribution in [0.2, 0.25) is 0 Å². The molecule has 0 saturated heterocycles. The summed E-state index contributed by atoms with van der Waals surface area (Å²) in [4.78, 5) is 0.250. The van der Waals surface area contributed by atoms with Gasteiger partial charge < -0.3 is 10.1 Å². The molecule has 1 aromatic rings. The molecule has 0 aromatic heterocycles. The van der Waals surface area contributed by atoms with E-state index in [2.05, 4.69) is 23.9 Å². The largest absolute Gasteiger partial charge is 0.493 e. The van der Waals surface area contributed by atoms with Crippen molar-refractivity contribution in [3.63, 3.8) is 0 Å². The SMILES string of the molecule is CNCCNS(=O)(=O)c1ccc(OCC(C)C)cc1. The van der Waals surface area contributed by atoms with E-state index < -0.39 is 10.0 Å². The van der Waals surface area contributed by atoms with E-state index in [1.54, 1.807) is 31.3 Å². The lowest BCUT2D eigenvalue weighted by atomic mass is 10.2. The molecule has 0 unspecified atom stereocenters. The standard InChI is InChI=1S/C13H22N2O3S/c1-11(2)10-18-12-4-6-13(7-5-12)19(16,17)15-9-8-14-3/h4-7,11,14-15H,8-10H2,1-3H3. The van der Waals surface area contributed by atoms with Crippen molar-refractivity contribution in [2.24, 2.45) is 5.92 Å². The van der Waals surface area contributed by atoms with E-state index in [0.29, 0.717) is 31.4 Å². The Kier molecular flexibility index (Phi) is 6.27. The summed E-state index contributed by atoms with van der Waals surface area (Å²) in [7, 11) is -1.65. The molecule has 6 heteroatoms. The molecule has 0 saturated carbocycles. The van der Waals surface area contributed by atoms with E-state index in [-0.39, 0.29) is 4.90 Å². The van der Waals surface area contributed by atoms with Crippen molar-refractivity contribution in [2.45, 2.75) is 18.7 Å². The molecule has 1 aromatic carbocycles. The molecular formula is C13H22N2O3S. The van der Waals surface area contributed by atoms with Crippen molar-refractivity contribution in [1.29, 1.82) is 0 Å². The van der Waals surface area contributed by atoms with Gasteiger partial charge in [0.05, 0.1) is 11.5 Å². The molecule has 0 bridgehead atoms. The van der Waals surface area contributed by atoms with Crippen LogP contribution in [0.1, 0.15) is 13.8 Å². The lowest BCUT2D eigenvalue weighted by Gasteiger charge is -2.10. The van der Waals surface area contributed by atoms with Gasteiger partial charge in [0, 0.05) is 13.1 Å². The summed E-state index contributed by atoms with van der Waals surface area (Å²) in [6.07, 6.45) is 0. The van der Waals surface area contributed by atoms with Crippen molar-refractivity contribution in [3.8, 4) is 5.75 Å². The smallest absolute Gasteiger partial charge is 0.240 e. The number of rotatable bonds is 8. The molecule has 0 aliphatic carbocycles. The van der Waals surface area contributed by atoms with Gasteiger partial charge in [0.1, 0.15) is 5.75 Å². The van der Waals surface area contributed by atoms with Gasteiger partial charge >= 0.3 is 0 Å². The van der Waals surface area contributed by atoms with Gasteiger partial charge in [0.15, 0.2) is 0 Å². The minimum atomic E-state index is -3.43. The molecule has 0 aliphatic heterocycles. The third kappa shape index (κ3) is 5.59. The van der Waals surface area contributed by atoms with Gasteiger partial charge in [-0.1, -0.05) is 13.8 Å². The van der Waals surface area contributed by atoms with E-state index in [1.165, 1.54) is 0 Å². The van der Waals surface area contributed by atoms with Crippen LogP contribution in [0.5, 0.6) is 5.75 Å². The fraction of sp³-hybridized carbons (Fsp3) is 0.538. The van der Waals surface area contributed by atoms with Gasteiger partial charge in [-0.25, -0.2) is 13.1 Å². The summed E-state index contributed by atoms with van der Waals surface area (Å²) in [6.45, 7) is 5.70. The summed E-state index contributed by atoms with van der Waals surface area (Å²) in [5.74, 6) is 1.12. The van der Waals surface area contributed by atoms with Gasteiger partial charge in [-0.15, -0.1) is 0 Å². The molecular weight excluding hydrogens is 264 g/mol. The van der Waals surface area contributed by atoms with Crippen LogP contribution in [0.4, 0.5) is 0 Å². The first-order chi connectivity index (χ1) is 8.95. The van der Waals surface area contributed by atoms with Gasteiger partial charge in [0.2, 0.25) is 10.0 Å². The Morgan fingerprint density at radius 1 is 1.16 bits per heavy atom. The number of hydrogen-bond donors (Lipinski definition) is 2. The van der Waals surface area contributed by atoms with Crippen LogP contribution < -0.4 is 14.8 Å². The molecule has 19 heavy (non-hydrogen) atoms. The van der Waals surface area contributed by atoms with Crippen LogP contribution in [-0.4, -0.2) is 35.2 Å². The maximum atomic E-state index is 11.9. The predicted molar refractivity (Wildman–Crippen MR) is 75.9 cm³/mol. The molecule has 0 atom stereocenters. The molecule has 5 nitrogen and oxygen atoms in total. The summed E-state index contributed by atoms with van der Waals surface area (Å²) >= 11 is 0. The van der Waals surface area contributed by atoms with Crippen LogP contribution in [-0.2, 0) is 10.0 Å². The highest BCUT2D eigenvalue weighted by atomic mass is 32.2. The quantitative estimate of drug-likeness (QED) is 0.705. The Morgan fingerprint density at radius 2 is 1.79 bits per heavy atom. The van der Waals surface area contributed by atoms with Crippen LogP contribution >= 0.6 is 0 Å². The fourth-order valence-corrected chi connectivity index (χ4v) is 2.40. The summed E-state index contributed by atoms with van der Waals surface area (Å²) in [5.41, 5.74) is 0. The highest BCUT2D eigenvalue weighted by Gasteiger charge is 2.12. The first-order valence-corrected chi connectivity index (χ1v) is 7.81. The zero-order valence-corrected chi connectivity index (χ0v) is 12.5. The number of benzene rings is 1. The number of sulfonamides is 1. The maximum Gasteiger partial charge on any atom is 0.240 e. The Bertz CT molecular complexity index is 469. The monoisotopic (exact) mass is 286 g/mol. The highest BCUT2D eigenvalue weighted by Crippen LogP contribution is 2.16. The third-order valence-electron chi connectivity index (χ3n) is 2.38. The number of hydrogen-bond acceptors (Lipinski definition) is 4. The van der Waals surface area contributed by atoms with Gasteiger partial charge in [-0.2, -0.15) is 0 Å². The second kappa shape index (κ2) is 7.47. The molecule has 1 rings (SSSR count). The van der Waals surface area contributed by atoms with Gasteiger partial charge in [-0.05, 0) is 37.2 Å². The second-order valence-corrected chi connectivity index (χ2v) is 6.44. The third-order valence-corrected chi connectivity index (χ3v) is 3.86. The molecule has 0 aliphatic rings. The number of likely N-dealkylation sites (N-methyl/N-ethyl adjacent to an activating group) is 1. The lowest BCUT2D eigenvalue weighted by molar-refractivity contribution is 0.271. The van der Waals surface area contributed by atoms with Crippen LogP contribution in [0.15, 0.2) is 29.2 Å². The topological polar surface area (TPSA) is 67.4 Å². The summed E-state index contributed by atoms with van der Waals surface area (Å²) in [6, 6.07) is 6.46. The first-order valence-electron chi connectivity index (χ1n) is 6.33. The predicted octanol–water partition coefficient (Wildman–Crippen LogP) is 1.22. The second-order valence-electron chi connectivity index (χ2n) is 4.68. The Hall–Kier alpha value is -1.11. The first kappa shape index (κ1) is 15.9. The normalized spacial score (nSPS) is 11.8. The molecule has 0 heterocycles. The van der Waals surface area contributed by atoms with Gasteiger partial charge in [0.25, 0.3) is 0 Å². The van der Waals surface area contributed by atoms with Crippen LogP contribution in [0, 0.1) is 5.92 Å². The van der Waals surface area contributed by atoms with E-state index in [9.17, 15) is 8.42 Å². The Labute approximate surface area is 115 Å². The van der Waals surface area contributed by atoms with Crippen LogP contribution in [0.3, 0.4) is 0 Å². The Balaban J connectivity index is 2.64. The molecule has 108 valence electrons. The summed E-state index contributed by atoms with van der Waals surface area (Å²) < 4.78 is 31.8. The number of ether oxygens (including phenoxy) is 1. The zero-order valence-electron chi connectivity index (χ0n) is 11.6. The lowest BCUT2D eigenvalue weighted by Crippen LogP contribution is -2.30. The average molecular weight is 286 g/mol. The molecule has 0 amide bonds. The summed E-state index contributed by atoms with van der Waals surface area (Å²) in [5, 5.41) is 2.88. The van der Waals surface area contributed by atoms with Crippen LogP contribution in [0.25, 0.3) is 0 Å². The van der Waals surface area contributed by atoms with Crippen molar-refractivity contribution in [3.05, 3.63) is 24.3 Å². The number of nitrogens with one attached hydrogen (secondary N) is 2. The van der Waals surface area contributed by atoms with E-state index in [0.717, 1.165) is 0 Å². The van der Waals surface area contributed by atoms with Gasteiger partial charge in [-0.3, -0.25) is 0 Å². The average Bonchev–Trinajstić information content (AvgIpc) is 2.37. The molecule has 0 spiro atoms. The van der Waals surface area contributed by atoms with E-state index >= 15 is 0 Å². The van der Waals surface area contributed by atoms with Crippen molar-refractivity contribution in [1.82, 2.24) is 10.0 Å². The molecule has 0 fully saturated rings. The highest BCUT2D eigenvalue weighted by molar-refractivity contribution is 7.89. The van der Waals surface area contributed by atoms with Crippen molar-refractivity contribution < 1.29 is 13.2 Å². The van der Waals surface area contributed by atoms with E-state index in [4.69, 9.17) is 4.74 Å². The van der Waals surface area contributed by atoms with E-state index in [1.807, 2.05) is 0 Å². The van der Waals surface area contributed by atoms with Crippen molar-refractivity contribution in [2.75, 3.05) is 26.7 Å². The maximum absolute atomic E-state index is 11.9. The van der Waals surface area contributed by atoms with Crippen molar-refractivity contribution >= 4 is 10.0 Å². The zero-order chi connectivity index (χ0) is 14.3. The molecule has 0 radical (unpaired) electrons.